The highest BCUT2D eigenvalue weighted by Crippen LogP contribution is 2.11. The standard InChI is InChI=1S/C16H20FN3O3S/c1-18(2)24(22,23)15-7-8-16(21)20(11-15)12-19(3)10-13-5-4-6-14(17)9-13/h4-9,11H,10,12H2,1-3H3. The van der Waals surface area contributed by atoms with E-state index >= 15 is 0 Å². The molecule has 0 radical (unpaired) electrons. The van der Waals surface area contributed by atoms with Crippen molar-refractivity contribution in [1.29, 1.82) is 0 Å². The lowest BCUT2D eigenvalue weighted by Crippen LogP contribution is -2.30. The Morgan fingerprint density at radius 1 is 1.12 bits per heavy atom. The summed E-state index contributed by atoms with van der Waals surface area (Å²) >= 11 is 0. The maximum absolute atomic E-state index is 13.2. The summed E-state index contributed by atoms with van der Waals surface area (Å²) in [6.07, 6.45) is 1.32. The van der Waals surface area contributed by atoms with Crippen molar-refractivity contribution in [2.24, 2.45) is 0 Å². The summed E-state index contributed by atoms with van der Waals surface area (Å²) in [6.45, 7) is 0.612. The van der Waals surface area contributed by atoms with Crippen LogP contribution in [0.2, 0.25) is 0 Å². The third kappa shape index (κ3) is 4.28. The molecule has 0 aliphatic heterocycles. The van der Waals surface area contributed by atoms with Crippen LogP contribution in [0.25, 0.3) is 0 Å². The second kappa shape index (κ2) is 7.25. The van der Waals surface area contributed by atoms with Crippen molar-refractivity contribution in [3.8, 4) is 0 Å². The van der Waals surface area contributed by atoms with Crippen molar-refractivity contribution in [3.63, 3.8) is 0 Å². The molecule has 2 aromatic rings. The van der Waals surface area contributed by atoms with Gasteiger partial charge >= 0.3 is 0 Å². The van der Waals surface area contributed by atoms with Gasteiger partial charge in [0.1, 0.15) is 5.82 Å². The molecule has 0 unspecified atom stereocenters. The van der Waals surface area contributed by atoms with Crippen LogP contribution >= 0.6 is 0 Å². The normalized spacial score (nSPS) is 12.1. The number of hydrogen-bond donors (Lipinski definition) is 0. The van der Waals surface area contributed by atoms with E-state index in [1.54, 1.807) is 24.1 Å². The lowest BCUT2D eigenvalue weighted by molar-refractivity contribution is 0.255. The molecule has 0 spiro atoms. The van der Waals surface area contributed by atoms with Crippen LogP contribution in [-0.4, -0.2) is 43.3 Å². The van der Waals surface area contributed by atoms with Gasteiger partial charge in [-0.15, -0.1) is 0 Å². The van der Waals surface area contributed by atoms with E-state index in [9.17, 15) is 17.6 Å². The summed E-state index contributed by atoms with van der Waals surface area (Å²) in [7, 11) is 1.02. The van der Waals surface area contributed by atoms with Gasteiger partial charge in [-0.1, -0.05) is 12.1 Å². The SMILES string of the molecule is CN(Cc1cccc(F)c1)Cn1cc(S(=O)(=O)N(C)C)ccc1=O. The molecule has 0 amide bonds. The lowest BCUT2D eigenvalue weighted by atomic mass is 10.2. The van der Waals surface area contributed by atoms with E-state index in [1.165, 1.54) is 49.1 Å². The van der Waals surface area contributed by atoms with Crippen molar-refractivity contribution in [1.82, 2.24) is 13.8 Å². The predicted octanol–water partition coefficient (Wildman–Crippen LogP) is 1.33. The van der Waals surface area contributed by atoms with Crippen LogP contribution in [0, 0.1) is 5.82 Å². The number of pyridine rings is 1. The van der Waals surface area contributed by atoms with Gasteiger partial charge in [-0.3, -0.25) is 9.69 Å². The maximum atomic E-state index is 13.2. The fraction of sp³-hybridized carbons (Fsp3) is 0.312. The minimum atomic E-state index is -3.61. The lowest BCUT2D eigenvalue weighted by Gasteiger charge is -2.19. The summed E-state index contributed by atoms with van der Waals surface area (Å²) in [5, 5.41) is 0. The average Bonchev–Trinajstić information content (AvgIpc) is 2.49. The van der Waals surface area contributed by atoms with E-state index in [1.807, 2.05) is 0 Å². The number of sulfonamides is 1. The Labute approximate surface area is 140 Å². The number of nitrogens with zero attached hydrogens (tertiary/aromatic N) is 3. The largest absolute Gasteiger partial charge is 0.301 e. The minimum Gasteiger partial charge on any atom is -0.301 e. The maximum Gasteiger partial charge on any atom is 0.251 e. The van der Waals surface area contributed by atoms with Gasteiger partial charge in [0.2, 0.25) is 10.0 Å². The molecule has 130 valence electrons. The van der Waals surface area contributed by atoms with Gasteiger partial charge in [0.25, 0.3) is 5.56 Å². The van der Waals surface area contributed by atoms with Crippen molar-refractivity contribution in [3.05, 3.63) is 64.3 Å². The van der Waals surface area contributed by atoms with Gasteiger partial charge in [0.05, 0.1) is 11.6 Å². The zero-order valence-electron chi connectivity index (χ0n) is 13.8. The van der Waals surface area contributed by atoms with Gasteiger partial charge < -0.3 is 4.57 Å². The first-order valence-corrected chi connectivity index (χ1v) is 8.70. The quantitative estimate of drug-likeness (QED) is 0.786. The molecule has 0 saturated carbocycles. The monoisotopic (exact) mass is 353 g/mol. The molecule has 24 heavy (non-hydrogen) atoms. The molecular weight excluding hydrogens is 333 g/mol. The molecule has 6 nitrogen and oxygen atoms in total. The summed E-state index contributed by atoms with van der Waals surface area (Å²) in [4.78, 5) is 13.8. The molecule has 0 fully saturated rings. The zero-order chi connectivity index (χ0) is 17.9. The van der Waals surface area contributed by atoms with Crippen LogP contribution in [0.5, 0.6) is 0 Å². The van der Waals surface area contributed by atoms with E-state index < -0.39 is 10.0 Å². The van der Waals surface area contributed by atoms with Crippen LogP contribution in [0.3, 0.4) is 0 Å². The first kappa shape index (κ1) is 18.3. The van der Waals surface area contributed by atoms with Crippen LogP contribution in [-0.2, 0) is 23.2 Å². The van der Waals surface area contributed by atoms with E-state index in [0.717, 1.165) is 9.87 Å². The Kier molecular flexibility index (Phi) is 5.53. The summed E-state index contributed by atoms with van der Waals surface area (Å²) in [5.41, 5.74) is 0.460. The van der Waals surface area contributed by atoms with Gasteiger partial charge in [-0.25, -0.2) is 17.1 Å². The van der Waals surface area contributed by atoms with Crippen molar-refractivity contribution in [2.75, 3.05) is 21.1 Å². The topological polar surface area (TPSA) is 62.6 Å². The number of halogens is 1. The molecule has 0 aliphatic carbocycles. The van der Waals surface area contributed by atoms with Crippen LogP contribution in [0.1, 0.15) is 5.56 Å². The molecule has 1 heterocycles. The molecule has 0 saturated heterocycles. The average molecular weight is 353 g/mol. The van der Waals surface area contributed by atoms with Gasteiger partial charge in [-0.05, 0) is 30.8 Å². The summed E-state index contributed by atoms with van der Waals surface area (Å²) in [6, 6.07) is 8.72. The molecule has 0 N–H and O–H groups in total. The van der Waals surface area contributed by atoms with Crippen LogP contribution in [0.15, 0.2) is 52.3 Å². The Bertz CT molecular complexity index is 878. The van der Waals surface area contributed by atoms with Crippen LogP contribution < -0.4 is 5.56 Å². The summed E-state index contributed by atoms with van der Waals surface area (Å²) in [5.74, 6) is -0.322. The highest BCUT2D eigenvalue weighted by molar-refractivity contribution is 7.89. The molecule has 0 aliphatic rings. The predicted molar refractivity (Wildman–Crippen MR) is 89.4 cm³/mol. The van der Waals surface area contributed by atoms with E-state index in [2.05, 4.69) is 0 Å². The number of benzene rings is 1. The molecule has 2 rings (SSSR count). The zero-order valence-corrected chi connectivity index (χ0v) is 14.6. The highest BCUT2D eigenvalue weighted by Gasteiger charge is 2.18. The Morgan fingerprint density at radius 3 is 2.46 bits per heavy atom. The summed E-state index contributed by atoms with van der Waals surface area (Å²) < 4.78 is 40.0. The first-order chi connectivity index (χ1) is 11.2. The molecule has 1 aromatic heterocycles. The smallest absolute Gasteiger partial charge is 0.251 e. The van der Waals surface area contributed by atoms with Gasteiger partial charge in [0, 0.05) is 32.9 Å². The number of aromatic nitrogens is 1. The third-order valence-electron chi connectivity index (χ3n) is 3.47. The third-order valence-corrected chi connectivity index (χ3v) is 5.27. The first-order valence-electron chi connectivity index (χ1n) is 7.26. The molecule has 8 heteroatoms. The molecule has 1 aromatic carbocycles. The molecule has 0 bridgehead atoms. The fourth-order valence-corrected chi connectivity index (χ4v) is 3.16. The minimum absolute atomic E-state index is 0.0475. The Hall–Kier alpha value is -2.03. The number of rotatable bonds is 6. The van der Waals surface area contributed by atoms with Gasteiger partial charge in [-0.2, -0.15) is 0 Å². The van der Waals surface area contributed by atoms with Crippen molar-refractivity contribution >= 4 is 10.0 Å². The highest BCUT2D eigenvalue weighted by atomic mass is 32.2. The van der Waals surface area contributed by atoms with Crippen molar-refractivity contribution in [2.45, 2.75) is 18.1 Å². The molecular formula is C16H20FN3O3S. The number of hydrogen-bond acceptors (Lipinski definition) is 4. The molecule has 0 atom stereocenters. The second-order valence-corrected chi connectivity index (χ2v) is 7.90. The van der Waals surface area contributed by atoms with Crippen molar-refractivity contribution < 1.29 is 12.8 Å². The van der Waals surface area contributed by atoms with E-state index in [4.69, 9.17) is 0 Å². The van der Waals surface area contributed by atoms with Gasteiger partial charge in [0.15, 0.2) is 0 Å². The van der Waals surface area contributed by atoms with Crippen LogP contribution in [0.4, 0.5) is 4.39 Å². The second-order valence-electron chi connectivity index (χ2n) is 5.75. The fourth-order valence-electron chi connectivity index (χ4n) is 2.24. The Morgan fingerprint density at radius 2 is 1.83 bits per heavy atom. The Balaban J connectivity index is 2.21. The van der Waals surface area contributed by atoms with E-state index in [-0.39, 0.29) is 22.9 Å². The van der Waals surface area contributed by atoms with E-state index in [0.29, 0.717) is 6.54 Å².